The lowest BCUT2D eigenvalue weighted by molar-refractivity contribution is -0.0457. The average Bonchev–Trinajstić information content (AvgIpc) is 2.89. The fraction of sp³-hybridized carbons (Fsp3) is 0.500. The summed E-state index contributed by atoms with van der Waals surface area (Å²) in [6.45, 7) is 9.43. The van der Waals surface area contributed by atoms with E-state index < -0.39 is 0 Å². The molecule has 1 aromatic heterocycles. The lowest BCUT2D eigenvalue weighted by Crippen LogP contribution is -2.38. The maximum Gasteiger partial charge on any atom is 0.246 e. The van der Waals surface area contributed by atoms with Crippen LogP contribution in [-0.4, -0.2) is 34.8 Å². The van der Waals surface area contributed by atoms with Crippen LogP contribution in [0.2, 0.25) is 0 Å². The third-order valence-corrected chi connectivity index (χ3v) is 3.86. The van der Waals surface area contributed by atoms with Crippen LogP contribution in [0.15, 0.2) is 22.6 Å². The molecule has 0 spiro atoms. The minimum absolute atomic E-state index is 0.120. The standard InChI is InChI=1S/C16H21N3O2/c1-11-4-5-14(12(2)8-11)9-19-6-7-20-15(10-19)16-18-17-13(3)21-16/h4-5,8,15H,6-7,9-10H2,1-3H3. The highest BCUT2D eigenvalue weighted by Gasteiger charge is 2.26. The first-order chi connectivity index (χ1) is 10.1. The largest absolute Gasteiger partial charge is 0.423 e. The second-order valence-corrected chi connectivity index (χ2v) is 5.68. The summed E-state index contributed by atoms with van der Waals surface area (Å²) < 4.78 is 11.2. The van der Waals surface area contributed by atoms with E-state index in [1.54, 1.807) is 6.92 Å². The van der Waals surface area contributed by atoms with Gasteiger partial charge in [-0.2, -0.15) is 0 Å². The molecule has 5 heteroatoms. The third kappa shape index (κ3) is 3.31. The summed E-state index contributed by atoms with van der Waals surface area (Å²) in [7, 11) is 0. The second kappa shape index (κ2) is 5.95. The SMILES string of the molecule is Cc1ccc(CN2CCOC(c3nnc(C)o3)C2)c(C)c1. The molecule has 112 valence electrons. The van der Waals surface area contributed by atoms with Gasteiger partial charge in [0.1, 0.15) is 6.10 Å². The number of morpholine rings is 1. The predicted octanol–water partition coefficient (Wildman–Crippen LogP) is 2.57. The van der Waals surface area contributed by atoms with Crippen molar-refractivity contribution in [1.29, 1.82) is 0 Å². The molecule has 0 radical (unpaired) electrons. The molecule has 1 unspecified atom stereocenters. The van der Waals surface area contributed by atoms with Gasteiger partial charge in [0, 0.05) is 26.6 Å². The van der Waals surface area contributed by atoms with E-state index in [4.69, 9.17) is 9.15 Å². The van der Waals surface area contributed by atoms with Crippen molar-refractivity contribution in [1.82, 2.24) is 15.1 Å². The van der Waals surface area contributed by atoms with Crippen molar-refractivity contribution in [3.8, 4) is 0 Å². The Balaban J connectivity index is 1.68. The van der Waals surface area contributed by atoms with Gasteiger partial charge in [0.25, 0.3) is 0 Å². The molecule has 1 aliphatic heterocycles. The van der Waals surface area contributed by atoms with Crippen molar-refractivity contribution in [3.05, 3.63) is 46.7 Å². The van der Waals surface area contributed by atoms with Gasteiger partial charge in [-0.05, 0) is 25.0 Å². The van der Waals surface area contributed by atoms with Crippen LogP contribution in [-0.2, 0) is 11.3 Å². The summed E-state index contributed by atoms with van der Waals surface area (Å²) in [6.07, 6.45) is -0.120. The molecule has 0 N–H and O–H groups in total. The van der Waals surface area contributed by atoms with Gasteiger partial charge in [-0.3, -0.25) is 4.90 Å². The van der Waals surface area contributed by atoms with Gasteiger partial charge >= 0.3 is 0 Å². The summed E-state index contributed by atoms with van der Waals surface area (Å²) in [4.78, 5) is 2.38. The molecule has 1 saturated heterocycles. The summed E-state index contributed by atoms with van der Waals surface area (Å²) in [5.74, 6) is 1.16. The van der Waals surface area contributed by atoms with Gasteiger partial charge in [0.15, 0.2) is 0 Å². The van der Waals surface area contributed by atoms with Crippen molar-refractivity contribution in [2.75, 3.05) is 19.7 Å². The van der Waals surface area contributed by atoms with Crippen LogP contribution in [0.5, 0.6) is 0 Å². The van der Waals surface area contributed by atoms with E-state index >= 15 is 0 Å². The van der Waals surface area contributed by atoms with E-state index in [0.717, 1.165) is 19.6 Å². The lowest BCUT2D eigenvalue weighted by atomic mass is 10.0. The molecule has 2 aromatic rings. The van der Waals surface area contributed by atoms with Crippen molar-refractivity contribution >= 4 is 0 Å². The van der Waals surface area contributed by atoms with Gasteiger partial charge in [0.2, 0.25) is 11.8 Å². The molecule has 5 nitrogen and oxygen atoms in total. The molecule has 21 heavy (non-hydrogen) atoms. The number of hydrogen-bond donors (Lipinski definition) is 0. The van der Waals surface area contributed by atoms with Gasteiger partial charge < -0.3 is 9.15 Å². The summed E-state index contributed by atoms with van der Waals surface area (Å²) >= 11 is 0. The molecule has 0 amide bonds. The van der Waals surface area contributed by atoms with E-state index in [1.165, 1.54) is 16.7 Å². The van der Waals surface area contributed by atoms with E-state index in [0.29, 0.717) is 18.4 Å². The van der Waals surface area contributed by atoms with E-state index in [-0.39, 0.29) is 6.10 Å². The molecular formula is C16H21N3O2. The predicted molar refractivity (Wildman–Crippen MR) is 78.9 cm³/mol. The molecule has 3 rings (SSSR count). The number of benzene rings is 1. The highest BCUT2D eigenvalue weighted by molar-refractivity contribution is 5.30. The zero-order chi connectivity index (χ0) is 14.8. The number of nitrogens with zero attached hydrogens (tertiary/aromatic N) is 3. The van der Waals surface area contributed by atoms with Crippen LogP contribution >= 0.6 is 0 Å². The number of rotatable bonds is 3. The quantitative estimate of drug-likeness (QED) is 0.868. The molecule has 0 bridgehead atoms. The van der Waals surface area contributed by atoms with Gasteiger partial charge in [-0.1, -0.05) is 23.8 Å². The zero-order valence-corrected chi connectivity index (χ0v) is 12.8. The Morgan fingerprint density at radius 3 is 2.81 bits per heavy atom. The van der Waals surface area contributed by atoms with Crippen molar-refractivity contribution in [3.63, 3.8) is 0 Å². The Morgan fingerprint density at radius 1 is 1.24 bits per heavy atom. The van der Waals surface area contributed by atoms with E-state index in [9.17, 15) is 0 Å². The molecule has 1 aliphatic rings. The minimum atomic E-state index is -0.120. The first kappa shape index (κ1) is 14.2. The Kier molecular flexibility index (Phi) is 4.03. The van der Waals surface area contributed by atoms with Crippen LogP contribution in [0, 0.1) is 20.8 Å². The number of aryl methyl sites for hydroxylation is 3. The number of ether oxygens (including phenoxy) is 1. The van der Waals surface area contributed by atoms with Crippen LogP contribution in [0.25, 0.3) is 0 Å². The second-order valence-electron chi connectivity index (χ2n) is 5.68. The highest BCUT2D eigenvalue weighted by atomic mass is 16.5. The number of hydrogen-bond acceptors (Lipinski definition) is 5. The van der Waals surface area contributed by atoms with Gasteiger partial charge in [-0.25, -0.2) is 0 Å². The van der Waals surface area contributed by atoms with Crippen molar-refractivity contribution in [2.45, 2.75) is 33.4 Å². The van der Waals surface area contributed by atoms with E-state index in [2.05, 4.69) is 47.1 Å². The summed E-state index contributed by atoms with van der Waals surface area (Å²) in [5.41, 5.74) is 4.01. The summed E-state index contributed by atoms with van der Waals surface area (Å²) in [6, 6.07) is 6.61. The Morgan fingerprint density at radius 2 is 2.10 bits per heavy atom. The molecular weight excluding hydrogens is 266 g/mol. The molecule has 1 fully saturated rings. The number of aromatic nitrogens is 2. The zero-order valence-electron chi connectivity index (χ0n) is 12.8. The first-order valence-electron chi connectivity index (χ1n) is 7.32. The molecule has 1 atom stereocenters. The molecule has 2 heterocycles. The molecule has 0 saturated carbocycles. The van der Waals surface area contributed by atoms with Crippen LogP contribution < -0.4 is 0 Å². The Hall–Kier alpha value is -1.72. The van der Waals surface area contributed by atoms with Crippen molar-refractivity contribution in [2.24, 2.45) is 0 Å². The highest BCUT2D eigenvalue weighted by Crippen LogP contribution is 2.23. The topological polar surface area (TPSA) is 51.4 Å². The molecule has 1 aromatic carbocycles. The fourth-order valence-corrected chi connectivity index (χ4v) is 2.70. The maximum atomic E-state index is 5.76. The van der Waals surface area contributed by atoms with Crippen LogP contribution in [0.4, 0.5) is 0 Å². The third-order valence-electron chi connectivity index (χ3n) is 3.86. The van der Waals surface area contributed by atoms with Crippen LogP contribution in [0.3, 0.4) is 0 Å². The smallest absolute Gasteiger partial charge is 0.246 e. The summed E-state index contributed by atoms with van der Waals surface area (Å²) in [5, 5.41) is 7.95. The van der Waals surface area contributed by atoms with Crippen LogP contribution in [0.1, 0.15) is 34.6 Å². The Labute approximate surface area is 124 Å². The van der Waals surface area contributed by atoms with Gasteiger partial charge in [-0.15, -0.1) is 10.2 Å². The minimum Gasteiger partial charge on any atom is -0.423 e. The van der Waals surface area contributed by atoms with Crippen molar-refractivity contribution < 1.29 is 9.15 Å². The normalized spacial score (nSPS) is 19.9. The Bertz CT molecular complexity index is 624. The maximum absolute atomic E-state index is 5.76. The fourth-order valence-electron chi connectivity index (χ4n) is 2.70. The molecule has 0 aliphatic carbocycles. The lowest BCUT2D eigenvalue weighted by Gasteiger charge is -2.31. The van der Waals surface area contributed by atoms with E-state index in [1.807, 2.05) is 0 Å². The first-order valence-corrected chi connectivity index (χ1v) is 7.32. The monoisotopic (exact) mass is 287 g/mol. The van der Waals surface area contributed by atoms with Gasteiger partial charge in [0.05, 0.1) is 6.61 Å². The average molecular weight is 287 g/mol.